The van der Waals surface area contributed by atoms with Crippen LogP contribution in [0.1, 0.15) is 48.8 Å². The average Bonchev–Trinajstić information content (AvgIpc) is 2.96. The molecule has 1 heterocycles. The van der Waals surface area contributed by atoms with Crippen LogP contribution in [-0.2, 0) is 27.4 Å². The number of carbonyl (C=O) groups excluding carboxylic acids is 2. The minimum Gasteiger partial charge on any atom is -0.493 e. The molecule has 3 aromatic carbocycles. The Kier molecular flexibility index (Phi) is 8.11. The highest BCUT2D eigenvalue weighted by Crippen LogP contribution is 2.44. The second-order valence-electron chi connectivity index (χ2n) is 9.82. The van der Waals surface area contributed by atoms with E-state index in [4.69, 9.17) is 14.2 Å². The number of methoxy groups -OCH3 is 1. The van der Waals surface area contributed by atoms with Crippen molar-refractivity contribution in [2.45, 2.75) is 45.1 Å². The third-order valence-electron chi connectivity index (χ3n) is 7.22. The molecule has 200 valence electrons. The number of dihydropyridines is 1. The quantitative estimate of drug-likeness (QED) is 0.346. The lowest BCUT2D eigenvalue weighted by Gasteiger charge is -2.34. The van der Waals surface area contributed by atoms with Crippen molar-refractivity contribution in [2.24, 2.45) is 0 Å². The molecule has 0 spiro atoms. The van der Waals surface area contributed by atoms with Crippen LogP contribution in [0.3, 0.4) is 0 Å². The molecule has 0 radical (unpaired) electrons. The van der Waals surface area contributed by atoms with E-state index in [0.29, 0.717) is 47.8 Å². The van der Waals surface area contributed by atoms with Gasteiger partial charge in [0, 0.05) is 35.7 Å². The highest BCUT2D eigenvalue weighted by atomic mass is 16.5. The summed E-state index contributed by atoms with van der Waals surface area (Å²) in [7, 11) is 1.59. The van der Waals surface area contributed by atoms with Gasteiger partial charge in [-0.05, 0) is 48.6 Å². The molecule has 1 aliphatic heterocycles. The molecule has 39 heavy (non-hydrogen) atoms. The van der Waals surface area contributed by atoms with Crippen molar-refractivity contribution in [3.8, 4) is 11.5 Å². The molecule has 0 aromatic heterocycles. The Morgan fingerprint density at radius 3 is 2.36 bits per heavy atom. The number of esters is 1. The standard InChI is InChI=1S/C33H33NO5/c1-22-30(33(36)38-19-18-23-10-5-3-6-11-23)31(32-26(34-22)14-9-15-27(32)35)25-16-17-28(29(20-25)37-2)39-21-24-12-7-4-8-13-24/h3-8,10-13,16-17,20,31,34H,9,14-15,18-19,21H2,1-2H3/t31-/m1/s1. The predicted octanol–water partition coefficient (Wildman–Crippen LogP) is 6.03. The number of allylic oxidation sites excluding steroid dienone is 3. The number of Topliss-reactive ketones (excluding diaryl/α,β-unsaturated/α-hetero) is 1. The van der Waals surface area contributed by atoms with Gasteiger partial charge in [0.2, 0.25) is 0 Å². The van der Waals surface area contributed by atoms with Gasteiger partial charge in [-0.2, -0.15) is 0 Å². The lowest BCUT2D eigenvalue weighted by Crippen LogP contribution is -2.34. The molecule has 5 rings (SSSR count). The Bertz CT molecular complexity index is 1410. The van der Waals surface area contributed by atoms with Gasteiger partial charge in [0.05, 0.1) is 19.3 Å². The maximum atomic E-state index is 13.5. The average molecular weight is 524 g/mol. The molecule has 1 N–H and O–H groups in total. The molecule has 0 amide bonds. The summed E-state index contributed by atoms with van der Waals surface area (Å²) < 4.78 is 17.5. The van der Waals surface area contributed by atoms with E-state index in [1.165, 1.54) is 0 Å². The first-order chi connectivity index (χ1) is 19.0. The summed E-state index contributed by atoms with van der Waals surface area (Å²) in [6.07, 6.45) is 2.63. The van der Waals surface area contributed by atoms with Crippen LogP contribution in [0.15, 0.2) is 101 Å². The fraction of sp³-hybridized carbons (Fsp3) is 0.273. The summed E-state index contributed by atoms with van der Waals surface area (Å²) in [5.74, 6) is 0.224. The van der Waals surface area contributed by atoms with E-state index in [2.05, 4.69) is 5.32 Å². The van der Waals surface area contributed by atoms with Gasteiger partial charge in [0.1, 0.15) is 6.61 Å². The minimum absolute atomic E-state index is 0.0548. The molecule has 2 aliphatic rings. The lowest BCUT2D eigenvalue weighted by molar-refractivity contribution is -0.139. The summed E-state index contributed by atoms with van der Waals surface area (Å²) in [6.45, 7) is 2.52. The van der Waals surface area contributed by atoms with Crippen molar-refractivity contribution in [1.82, 2.24) is 5.32 Å². The van der Waals surface area contributed by atoms with E-state index in [1.807, 2.05) is 85.8 Å². The van der Waals surface area contributed by atoms with Crippen LogP contribution >= 0.6 is 0 Å². The summed E-state index contributed by atoms with van der Waals surface area (Å²) in [5.41, 5.74) is 5.62. The predicted molar refractivity (Wildman–Crippen MR) is 149 cm³/mol. The number of hydrogen-bond acceptors (Lipinski definition) is 6. The van der Waals surface area contributed by atoms with Gasteiger partial charge in [-0.3, -0.25) is 4.79 Å². The van der Waals surface area contributed by atoms with Gasteiger partial charge in [0.25, 0.3) is 0 Å². The number of carbonyl (C=O) groups is 2. The Labute approximate surface area is 229 Å². The first kappa shape index (κ1) is 26.3. The topological polar surface area (TPSA) is 73.9 Å². The third kappa shape index (κ3) is 5.90. The molecule has 3 aromatic rings. The molecule has 0 unspecified atom stereocenters. The smallest absolute Gasteiger partial charge is 0.336 e. The van der Waals surface area contributed by atoms with Crippen LogP contribution in [0.4, 0.5) is 0 Å². The summed E-state index contributed by atoms with van der Waals surface area (Å²) in [5, 5.41) is 3.35. The van der Waals surface area contributed by atoms with Crippen molar-refractivity contribution in [1.29, 1.82) is 0 Å². The van der Waals surface area contributed by atoms with Crippen molar-refractivity contribution in [2.75, 3.05) is 13.7 Å². The maximum Gasteiger partial charge on any atom is 0.336 e. The molecule has 0 bridgehead atoms. The highest BCUT2D eigenvalue weighted by molar-refractivity contribution is 6.03. The zero-order chi connectivity index (χ0) is 27.2. The molecule has 0 fully saturated rings. The highest BCUT2D eigenvalue weighted by Gasteiger charge is 2.39. The molecule has 6 heteroatoms. The zero-order valence-corrected chi connectivity index (χ0v) is 22.4. The maximum absolute atomic E-state index is 13.5. The molecule has 6 nitrogen and oxygen atoms in total. The third-order valence-corrected chi connectivity index (χ3v) is 7.22. The molecular formula is C33H33NO5. The van der Waals surface area contributed by atoms with E-state index in [-0.39, 0.29) is 12.4 Å². The van der Waals surface area contributed by atoms with Crippen molar-refractivity contribution in [3.63, 3.8) is 0 Å². The van der Waals surface area contributed by atoms with Crippen LogP contribution in [-0.4, -0.2) is 25.5 Å². The van der Waals surface area contributed by atoms with E-state index in [1.54, 1.807) is 7.11 Å². The Morgan fingerprint density at radius 1 is 0.923 bits per heavy atom. The Balaban J connectivity index is 1.44. The van der Waals surface area contributed by atoms with Gasteiger partial charge in [0.15, 0.2) is 17.3 Å². The number of ether oxygens (including phenoxy) is 3. The molecule has 0 saturated heterocycles. The van der Waals surface area contributed by atoms with E-state index in [9.17, 15) is 9.59 Å². The first-order valence-corrected chi connectivity index (χ1v) is 13.3. The van der Waals surface area contributed by atoms with Gasteiger partial charge in [-0.25, -0.2) is 4.79 Å². The van der Waals surface area contributed by atoms with Crippen LogP contribution in [0.5, 0.6) is 11.5 Å². The van der Waals surface area contributed by atoms with Gasteiger partial charge in [-0.1, -0.05) is 66.7 Å². The second-order valence-corrected chi connectivity index (χ2v) is 9.82. The summed E-state index contributed by atoms with van der Waals surface area (Å²) in [4.78, 5) is 26.8. The molecule has 1 aliphatic carbocycles. The number of ketones is 1. The molecular weight excluding hydrogens is 490 g/mol. The SMILES string of the molecule is COc1cc([C@@H]2C(C(=O)OCCc3ccccc3)=C(C)NC3=C2C(=O)CCC3)ccc1OCc1ccccc1. The zero-order valence-electron chi connectivity index (χ0n) is 22.4. The monoisotopic (exact) mass is 523 g/mol. The molecule has 1 atom stereocenters. The van der Waals surface area contributed by atoms with Crippen LogP contribution in [0.25, 0.3) is 0 Å². The number of rotatable bonds is 9. The van der Waals surface area contributed by atoms with Gasteiger partial charge >= 0.3 is 5.97 Å². The number of benzene rings is 3. The Hall–Kier alpha value is -4.32. The summed E-state index contributed by atoms with van der Waals surface area (Å²) >= 11 is 0. The van der Waals surface area contributed by atoms with Gasteiger partial charge in [-0.15, -0.1) is 0 Å². The van der Waals surface area contributed by atoms with Crippen LogP contribution in [0, 0.1) is 0 Å². The fourth-order valence-electron chi connectivity index (χ4n) is 5.29. The number of nitrogens with one attached hydrogen (secondary N) is 1. The fourth-order valence-corrected chi connectivity index (χ4v) is 5.29. The Morgan fingerprint density at radius 2 is 1.64 bits per heavy atom. The van der Waals surface area contributed by atoms with Crippen LogP contribution < -0.4 is 14.8 Å². The van der Waals surface area contributed by atoms with E-state index >= 15 is 0 Å². The van der Waals surface area contributed by atoms with Gasteiger partial charge < -0.3 is 19.5 Å². The largest absolute Gasteiger partial charge is 0.493 e. The van der Waals surface area contributed by atoms with E-state index < -0.39 is 11.9 Å². The van der Waals surface area contributed by atoms with E-state index in [0.717, 1.165) is 35.2 Å². The summed E-state index contributed by atoms with van der Waals surface area (Å²) in [6, 6.07) is 25.4. The van der Waals surface area contributed by atoms with Crippen LogP contribution in [0.2, 0.25) is 0 Å². The second kappa shape index (κ2) is 12.0. The minimum atomic E-state index is -0.546. The normalized spacial score (nSPS) is 16.9. The molecule has 0 saturated carbocycles. The van der Waals surface area contributed by atoms with Crippen molar-refractivity contribution in [3.05, 3.63) is 118 Å². The number of hydrogen-bond donors (Lipinski definition) is 1. The van der Waals surface area contributed by atoms with Crippen molar-refractivity contribution >= 4 is 11.8 Å². The van der Waals surface area contributed by atoms with Crippen molar-refractivity contribution < 1.29 is 23.8 Å². The lowest BCUT2D eigenvalue weighted by atomic mass is 9.75. The first-order valence-electron chi connectivity index (χ1n) is 13.3.